The van der Waals surface area contributed by atoms with Crippen LogP contribution in [0.25, 0.3) is 0 Å². The number of nitriles is 1. The first-order valence-corrected chi connectivity index (χ1v) is 16.4. The third-order valence-electron chi connectivity index (χ3n) is 8.63. The molecule has 1 saturated carbocycles. The Hall–Kier alpha value is -5.70. The fourth-order valence-corrected chi connectivity index (χ4v) is 6.01. The molecule has 0 spiro atoms. The van der Waals surface area contributed by atoms with Crippen molar-refractivity contribution >= 4 is 11.8 Å². The number of nitrogens with zero attached hydrogens (tertiary/aromatic N) is 4. The van der Waals surface area contributed by atoms with Crippen LogP contribution in [-0.2, 0) is 16.1 Å². The molecule has 2 aliphatic rings. The van der Waals surface area contributed by atoms with Gasteiger partial charge >= 0.3 is 5.97 Å². The molecule has 50 heavy (non-hydrogen) atoms. The number of benzene rings is 3. The summed E-state index contributed by atoms with van der Waals surface area (Å²) in [6.07, 6.45) is 3.20. The van der Waals surface area contributed by atoms with Crippen LogP contribution in [0.3, 0.4) is 0 Å². The number of rotatable bonds is 11. The number of methoxy groups -OCH3 is 1. The molecule has 1 aliphatic heterocycles. The van der Waals surface area contributed by atoms with E-state index in [1.54, 1.807) is 18.2 Å². The lowest BCUT2D eigenvalue weighted by molar-refractivity contribution is -0.160. The van der Waals surface area contributed by atoms with Gasteiger partial charge in [-0.05, 0) is 55.5 Å². The summed E-state index contributed by atoms with van der Waals surface area (Å²) in [5, 5.41) is 9.62. The highest BCUT2D eigenvalue weighted by Gasteiger charge is 2.44. The molecule has 0 unspecified atom stereocenters. The minimum Gasteiger partial charge on any atom is -0.485 e. The summed E-state index contributed by atoms with van der Waals surface area (Å²) < 4.78 is 62.0. The summed E-state index contributed by atoms with van der Waals surface area (Å²) in [6.45, 7) is 1.53. The number of aliphatic imine (C=N–C) groups is 1. The van der Waals surface area contributed by atoms with Crippen LogP contribution in [-0.4, -0.2) is 54.5 Å². The lowest BCUT2D eigenvalue weighted by Gasteiger charge is -2.31. The zero-order chi connectivity index (χ0) is 35.1. The van der Waals surface area contributed by atoms with Gasteiger partial charge in [0.25, 0.3) is 11.8 Å². The summed E-state index contributed by atoms with van der Waals surface area (Å²) in [7, 11) is 3.12. The number of carbonyl (C=O) groups excluding carboxylic acids is 1. The summed E-state index contributed by atoms with van der Waals surface area (Å²) in [6, 6.07) is 22.6. The van der Waals surface area contributed by atoms with Gasteiger partial charge in [0.1, 0.15) is 18.2 Å². The van der Waals surface area contributed by atoms with Crippen molar-refractivity contribution in [3.8, 4) is 40.8 Å². The molecule has 0 N–H and O–H groups in total. The lowest BCUT2D eigenvalue weighted by atomic mass is 9.94. The SMILES string of the molecule is COC(=O)C1(Oc2c(F)c(Oc3cccc(C4=NCCN4C)c3)nc(Oc3cc(C#N)ccc3OCc3ccccc3)c2F)CCCCCC1. The summed E-state index contributed by atoms with van der Waals surface area (Å²) in [5.74, 6) is -4.56. The molecule has 2 heterocycles. The Morgan fingerprint density at radius 3 is 2.34 bits per heavy atom. The van der Waals surface area contributed by atoms with Crippen LogP contribution in [0.1, 0.15) is 55.2 Å². The molecule has 0 amide bonds. The molecule has 3 aromatic carbocycles. The first-order valence-electron chi connectivity index (χ1n) is 16.4. The van der Waals surface area contributed by atoms with Crippen LogP contribution in [0.5, 0.6) is 34.8 Å². The lowest BCUT2D eigenvalue weighted by Crippen LogP contribution is -2.45. The largest absolute Gasteiger partial charge is 0.485 e. The fourth-order valence-electron chi connectivity index (χ4n) is 6.01. The minimum absolute atomic E-state index is 0.0590. The molecule has 0 bridgehead atoms. The van der Waals surface area contributed by atoms with E-state index in [0.717, 1.165) is 36.3 Å². The number of esters is 1. The highest BCUT2D eigenvalue weighted by Crippen LogP contribution is 2.43. The first-order chi connectivity index (χ1) is 24.3. The van der Waals surface area contributed by atoms with Gasteiger partial charge in [0, 0.05) is 25.2 Å². The van der Waals surface area contributed by atoms with E-state index in [9.17, 15) is 10.1 Å². The zero-order valence-electron chi connectivity index (χ0n) is 27.8. The van der Waals surface area contributed by atoms with E-state index in [1.165, 1.54) is 25.3 Å². The minimum atomic E-state index is -1.65. The standard InChI is InChI=1S/C38H36F2N4O6/c1-44-20-19-42-34(44)27-13-10-14-28(22-27)48-35-31(39)33(50-38(37(45)46-2)17-8-3-4-9-18-38)32(40)36(43-35)49-30-21-26(23-41)15-16-29(30)47-24-25-11-6-5-7-12-25/h5-7,10-16,21-22H,3-4,8-9,17-20,24H2,1-2H3. The van der Waals surface area contributed by atoms with Gasteiger partial charge in [-0.3, -0.25) is 4.99 Å². The number of likely N-dealkylation sites (N-methyl/N-ethyl adjacent to an activating group) is 1. The maximum atomic E-state index is 16.5. The number of ether oxygens (including phenoxy) is 5. The summed E-state index contributed by atoms with van der Waals surface area (Å²) >= 11 is 0. The summed E-state index contributed by atoms with van der Waals surface area (Å²) in [5.41, 5.74) is 0.129. The number of hydrogen-bond donors (Lipinski definition) is 0. The highest BCUT2D eigenvalue weighted by molar-refractivity contribution is 5.99. The Kier molecular flexibility index (Phi) is 10.4. The molecule has 10 nitrogen and oxygen atoms in total. The normalized spacial score (nSPS) is 15.3. The molecular formula is C38H36F2N4O6. The molecule has 12 heteroatoms. The molecule has 1 fully saturated rings. The summed E-state index contributed by atoms with van der Waals surface area (Å²) in [4.78, 5) is 23.8. The predicted molar refractivity (Wildman–Crippen MR) is 180 cm³/mol. The first kappa shape index (κ1) is 34.2. The van der Waals surface area contributed by atoms with Gasteiger partial charge in [-0.25, -0.2) is 4.79 Å². The smallest absolute Gasteiger partial charge is 0.350 e. The van der Waals surface area contributed by atoms with Crippen LogP contribution in [0.2, 0.25) is 0 Å². The van der Waals surface area contributed by atoms with Gasteiger partial charge in [0.15, 0.2) is 11.5 Å². The van der Waals surface area contributed by atoms with Gasteiger partial charge < -0.3 is 28.6 Å². The molecule has 0 atom stereocenters. The Labute approximate surface area is 288 Å². The van der Waals surface area contributed by atoms with E-state index in [-0.39, 0.29) is 42.3 Å². The molecule has 1 aromatic heterocycles. The van der Waals surface area contributed by atoms with E-state index in [4.69, 9.17) is 23.7 Å². The van der Waals surface area contributed by atoms with Gasteiger partial charge in [0.2, 0.25) is 23.0 Å². The molecule has 6 rings (SSSR count). The van der Waals surface area contributed by atoms with E-state index in [1.807, 2.05) is 54.4 Å². The van der Waals surface area contributed by atoms with Gasteiger partial charge in [-0.1, -0.05) is 55.3 Å². The second-order valence-electron chi connectivity index (χ2n) is 12.1. The van der Waals surface area contributed by atoms with E-state index >= 15 is 8.78 Å². The third-order valence-corrected chi connectivity index (χ3v) is 8.63. The second kappa shape index (κ2) is 15.2. The molecule has 0 saturated heterocycles. The number of amidine groups is 1. The molecule has 258 valence electrons. The average molecular weight is 683 g/mol. The van der Waals surface area contributed by atoms with Crippen LogP contribution in [0, 0.1) is 23.0 Å². The quantitative estimate of drug-likeness (QED) is 0.116. The number of carbonyl (C=O) groups is 1. The van der Waals surface area contributed by atoms with E-state index < -0.39 is 40.7 Å². The van der Waals surface area contributed by atoms with E-state index in [2.05, 4.69) is 9.98 Å². The van der Waals surface area contributed by atoms with Crippen molar-refractivity contribution in [3.63, 3.8) is 0 Å². The maximum Gasteiger partial charge on any atom is 0.350 e. The van der Waals surface area contributed by atoms with Gasteiger partial charge in [-0.2, -0.15) is 19.0 Å². The number of hydrogen-bond acceptors (Lipinski definition) is 10. The van der Waals surface area contributed by atoms with Crippen molar-refractivity contribution in [1.82, 2.24) is 9.88 Å². The zero-order valence-corrected chi connectivity index (χ0v) is 27.8. The number of aromatic nitrogens is 1. The second-order valence-corrected chi connectivity index (χ2v) is 12.1. The average Bonchev–Trinajstić information content (AvgIpc) is 3.43. The van der Waals surface area contributed by atoms with Crippen LogP contribution >= 0.6 is 0 Å². The number of halogens is 2. The van der Waals surface area contributed by atoms with Gasteiger partial charge in [0.05, 0.1) is 25.3 Å². The maximum absolute atomic E-state index is 16.5. The molecule has 1 aliphatic carbocycles. The monoisotopic (exact) mass is 682 g/mol. The van der Waals surface area contributed by atoms with Crippen molar-refractivity contribution in [2.75, 3.05) is 27.2 Å². The number of pyridine rings is 1. The van der Waals surface area contributed by atoms with Crippen molar-refractivity contribution in [3.05, 3.63) is 101 Å². The molecular weight excluding hydrogens is 646 g/mol. The van der Waals surface area contributed by atoms with E-state index in [0.29, 0.717) is 19.4 Å². The van der Waals surface area contributed by atoms with Crippen molar-refractivity contribution < 1.29 is 37.3 Å². The van der Waals surface area contributed by atoms with Crippen molar-refractivity contribution in [1.29, 1.82) is 5.26 Å². The predicted octanol–water partition coefficient (Wildman–Crippen LogP) is 7.73. The van der Waals surface area contributed by atoms with Crippen molar-refractivity contribution in [2.24, 2.45) is 4.99 Å². The Bertz CT molecular complexity index is 1920. The van der Waals surface area contributed by atoms with Crippen molar-refractivity contribution in [2.45, 2.75) is 50.7 Å². The van der Waals surface area contributed by atoms with Crippen LogP contribution < -0.4 is 18.9 Å². The Morgan fingerprint density at radius 1 is 0.920 bits per heavy atom. The molecule has 4 aromatic rings. The Morgan fingerprint density at radius 2 is 1.66 bits per heavy atom. The third kappa shape index (κ3) is 7.47. The topological polar surface area (TPSA) is 116 Å². The molecule has 0 radical (unpaired) electrons. The Balaban J connectivity index is 1.42. The highest BCUT2D eigenvalue weighted by atomic mass is 19.1. The fraction of sp³-hybridized carbons (Fsp3) is 0.316. The van der Waals surface area contributed by atoms with Crippen LogP contribution in [0.4, 0.5) is 8.78 Å². The van der Waals surface area contributed by atoms with Gasteiger partial charge in [-0.15, -0.1) is 0 Å². The van der Waals surface area contributed by atoms with Crippen LogP contribution in [0.15, 0.2) is 77.8 Å².